The van der Waals surface area contributed by atoms with Crippen LogP contribution in [0.3, 0.4) is 0 Å². The van der Waals surface area contributed by atoms with Crippen molar-refractivity contribution in [3.05, 3.63) is 33.6 Å². The molecule has 7 nitrogen and oxygen atoms in total. The van der Waals surface area contributed by atoms with E-state index in [-0.39, 0.29) is 17.2 Å². The van der Waals surface area contributed by atoms with Gasteiger partial charge in [-0.15, -0.1) is 0 Å². The molecule has 2 rings (SSSR count). The molecule has 0 saturated carbocycles. The zero-order chi connectivity index (χ0) is 17.7. The fourth-order valence-electron chi connectivity index (χ4n) is 2.03. The van der Waals surface area contributed by atoms with Crippen LogP contribution in [-0.4, -0.2) is 27.1 Å². The molecule has 0 spiro atoms. The quantitative estimate of drug-likeness (QED) is 0.476. The lowest BCUT2D eigenvalue weighted by Gasteiger charge is -2.12. The molecule has 0 atom stereocenters. The van der Waals surface area contributed by atoms with Gasteiger partial charge in [0.1, 0.15) is 0 Å². The van der Waals surface area contributed by atoms with Gasteiger partial charge in [-0.2, -0.15) is 0 Å². The van der Waals surface area contributed by atoms with Crippen molar-refractivity contribution in [1.82, 2.24) is 20.4 Å². The molecule has 1 aromatic heterocycles. The van der Waals surface area contributed by atoms with Crippen molar-refractivity contribution < 1.29 is 9.59 Å². The van der Waals surface area contributed by atoms with Gasteiger partial charge in [0.25, 0.3) is 5.56 Å². The SMILES string of the molecule is CCCn1c(SCC(=O)NNC(C)=O)nc2cc(Cl)ccc2c1=O. The number of aromatic nitrogens is 2. The van der Waals surface area contributed by atoms with Crippen molar-refractivity contribution in [3.63, 3.8) is 0 Å². The molecule has 24 heavy (non-hydrogen) atoms. The number of amides is 2. The number of halogens is 1. The minimum atomic E-state index is -0.390. The summed E-state index contributed by atoms with van der Waals surface area (Å²) in [7, 11) is 0. The standard InChI is InChI=1S/C15H17ClN4O3S/c1-3-6-20-14(23)11-5-4-10(16)7-12(11)17-15(20)24-8-13(22)19-18-9(2)21/h4-5,7H,3,6,8H2,1-2H3,(H,18,21)(H,19,22). The van der Waals surface area contributed by atoms with Crippen LogP contribution < -0.4 is 16.4 Å². The van der Waals surface area contributed by atoms with E-state index in [1.807, 2.05) is 6.92 Å². The molecule has 0 aliphatic heterocycles. The van der Waals surface area contributed by atoms with Gasteiger partial charge in [0.15, 0.2) is 5.16 Å². The van der Waals surface area contributed by atoms with Gasteiger partial charge in [-0.05, 0) is 24.6 Å². The first kappa shape index (κ1) is 18.3. The summed E-state index contributed by atoms with van der Waals surface area (Å²) >= 11 is 7.09. The Morgan fingerprint density at radius 3 is 2.75 bits per heavy atom. The van der Waals surface area contributed by atoms with E-state index in [0.29, 0.717) is 27.6 Å². The predicted octanol–water partition coefficient (Wildman–Crippen LogP) is 1.72. The van der Waals surface area contributed by atoms with Gasteiger partial charge >= 0.3 is 0 Å². The molecule has 0 aliphatic carbocycles. The van der Waals surface area contributed by atoms with Crippen LogP contribution in [0.2, 0.25) is 5.02 Å². The average molecular weight is 369 g/mol. The van der Waals surface area contributed by atoms with Gasteiger partial charge in [-0.1, -0.05) is 30.3 Å². The van der Waals surface area contributed by atoms with E-state index in [1.165, 1.54) is 6.92 Å². The smallest absolute Gasteiger partial charge is 0.262 e. The second kappa shape index (κ2) is 8.16. The summed E-state index contributed by atoms with van der Waals surface area (Å²) in [5, 5.41) is 1.41. The molecule has 0 radical (unpaired) electrons. The number of carbonyl (C=O) groups is 2. The van der Waals surface area contributed by atoms with Gasteiger partial charge in [0.05, 0.1) is 16.7 Å². The minimum absolute atomic E-state index is 0.0164. The Kier molecular flexibility index (Phi) is 6.22. The fourth-order valence-corrected chi connectivity index (χ4v) is 3.02. The first-order valence-corrected chi connectivity index (χ1v) is 8.67. The maximum atomic E-state index is 12.6. The molecule has 1 heterocycles. The molecule has 0 fully saturated rings. The summed E-state index contributed by atoms with van der Waals surface area (Å²) in [5.74, 6) is -0.740. The van der Waals surface area contributed by atoms with Gasteiger partial charge in [-0.25, -0.2) is 4.98 Å². The lowest BCUT2D eigenvalue weighted by atomic mass is 10.2. The second-order valence-electron chi connectivity index (χ2n) is 5.03. The highest BCUT2D eigenvalue weighted by Gasteiger charge is 2.13. The van der Waals surface area contributed by atoms with E-state index in [4.69, 9.17) is 11.6 Å². The molecule has 2 aromatic rings. The maximum Gasteiger partial charge on any atom is 0.262 e. The summed E-state index contributed by atoms with van der Waals surface area (Å²) < 4.78 is 1.55. The number of nitrogens with one attached hydrogen (secondary N) is 2. The van der Waals surface area contributed by atoms with E-state index in [2.05, 4.69) is 15.8 Å². The lowest BCUT2D eigenvalue weighted by Crippen LogP contribution is -2.41. The van der Waals surface area contributed by atoms with Crippen LogP contribution in [0.4, 0.5) is 0 Å². The fraction of sp³-hybridized carbons (Fsp3) is 0.333. The molecule has 2 N–H and O–H groups in total. The molecule has 0 saturated heterocycles. The molecule has 9 heteroatoms. The van der Waals surface area contributed by atoms with Crippen molar-refractivity contribution in [1.29, 1.82) is 0 Å². The Balaban J connectivity index is 2.30. The van der Waals surface area contributed by atoms with E-state index < -0.39 is 5.91 Å². The zero-order valence-corrected chi connectivity index (χ0v) is 14.8. The highest BCUT2D eigenvalue weighted by atomic mass is 35.5. The van der Waals surface area contributed by atoms with Crippen molar-refractivity contribution in [2.75, 3.05) is 5.75 Å². The molecule has 0 unspecified atom stereocenters. The Hall–Kier alpha value is -2.06. The topological polar surface area (TPSA) is 93.1 Å². The Morgan fingerprint density at radius 2 is 2.08 bits per heavy atom. The van der Waals surface area contributed by atoms with Crippen LogP contribution in [0.15, 0.2) is 28.2 Å². The average Bonchev–Trinajstić information content (AvgIpc) is 2.53. The number of hydrogen-bond donors (Lipinski definition) is 2. The first-order chi connectivity index (χ1) is 11.4. The van der Waals surface area contributed by atoms with E-state index in [1.54, 1.807) is 22.8 Å². The Morgan fingerprint density at radius 1 is 1.33 bits per heavy atom. The summed E-state index contributed by atoms with van der Waals surface area (Å²) in [4.78, 5) is 39.6. The van der Waals surface area contributed by atoms with Gasteiger partial charge in [0, 0.05) is 18.5 Å². The van der Waals surface area contributed by atoms with Gasteiger partial charge in [-0.3, -0.25) is 29.8 Å². The van der Waals surface area contributed by atoms with Crippen molar-refractivity contribution in [2.45, 2.75) is 32.0 Å². The van der Waals surface area contributed by atoms with Crippen LogP contribution in [-0.2, 0) is 16.1 Å². The summed E-state index contributed by atoms with van der Waals surface area (Å²) in [5.41, 5.74) is 4.81. The van der Waals surface area contributed by atoms with Crippen LogP contribution in [0.1, 0.15) is 20.3 Å². The van der Waals surface area contributed by atoms with Crippen LogP contribution in [0.25, 0.3) is 10.9 Å². The van der Waals surface area contributed by atoms with E-state index in [9.17, 15) is 14.4 Å². The number of hydrazine groups is 1. The lowest BCUT2D eigenvalue weighted by molar-refractivity contribution is -0.126. The number of thioether (sulfide) groups is 1. The molecular weight excluding hydrogens is 352 g/mol. The van der Waals surface area contributed by atoms with Gasteiger partial charge in [0.2, 0.25) is 11.8 Å². The normalized spacial score (nSPS) is 10.6. The Bertz CT molecular complexity index is 837. The third-order valence-corrected chi connectivity index (χ3v) is 4.25. The number of hydrogen-bond acceptors (Lipinski definition) is 5. The molecule has 0 bridgehead atoms. The number of benzene rings is 1. The van der Waals surface area contributed by atoms with Crippen molar-refractivity contribution in [2.24, 2.45) is 0 Å². The summed E-state index contributed by atoms with van der Waals surface area (Å²) in [6.07, 6.45) is 0.756. The van der Waals surface area contributed by atoms with Gasteiger partial charge < -0.3 is 0 Å². The Labute approximate surface area is 147 Å². The number of carbonyl (C=O) groups excluding carboxylic acids is 2. The summed E-state index contributed by atoms with van der Waals surface area (Å²) in [6.45, 7) is 3.75. The number of nitrogens with zero attached hydrogens (tertiary/aromatic N) is 2. The maximum absolute atomic E-state index is 12.6. The van der Waals surface area contributed by atoms with Crippen LogP contribution in [0, 0.1) is 0 Å². The second-order valence-corrected chi connectivity index (χ2v) is 6.41. The predicted molar refractivity (Wildman–Crippen MR) is 94.0 cm³/mol. The number of rotatable bonds is 5. The molecule has 1 aromatic carbocycles. The van der Waals surface area contributed by atoms with E-state index >= 15 is 0 Å². The molecule has 2 amide bonds. The first-order valence-electron chi connectivity index (χ1n) is 7.30. The molecule has 0 aliphatic rings. The third-order valence-electron chi connectivity index (χ3n) is 3.04. The minimum Gasteiger partial charge on any atom is -0.287 e. The zero-order valence-electron chi connectivity index (χ0n) is 13.3. The van der Waals surface area contributed by atoms with Crippen molar-refractivity contribution in [3.8, 4) is 0 Å². The van der Waals surface area contributed by atoms with Crippen molar-refractivity contribution >= 4 is 46.1 Å². The van der Waals surface area contributed by atoms with E-state index in [0.717, 1.165) is 18.2 Å². The monoisotopic (exact) mass is 368 g/mol. The largest absolute Gasteiger partial charge is 0.287 e. The highest BCUT2D eigenvalue weighted by molar-refractivity contribution is 7.99. The molecular formula is C15H17ClN4O3S. The number of fused-ring (bicyclic) bond motifs is 1. The summed E-state index contributed by atoms with van der Waals surface area (Å²) in [6, 6.07) is 4.92. The third kappa shape index (κ3) is 4.48. The van der Waals surface area contributed by atoms with Crippen LogP contribution >= 0.6 is 23.4 Å². The van der Waals surface area contributed by atoms with Crippen LogP contribution in [0.5, 0.6) is 0 Å². The highest BCUT2D eigenvalue weighted by Crippen LogP contribution is 2.20. The molecule has 128 valence electrons.